The number of benzene rings is 1. The van der Waals surface area contributed by atoms with Gasteiger partial charge in [0, 0.05) is 12.5 Å². The topological polar surface area (TPSA) is 29.5 Å². The van der Waals surface area contributed by atoms with E-state index in [0.29, 0.717) is 6.61 Å². The molecule has 2 rings (SSSR count). The Hall–Kier alpha value is -0.860. The summed E-state index contributed by atoms with van der Waals surface area (Å²) in [4.78, 5) is 0. The van der Waals surface area contributed by atoms with Crippen molar-refractivity contribution in [2.45, 2.75) is 57.5 Å². The number of rotatable bonds is 8. The van der Waals surface area contributed by atoms with E-state index >= 15 is 0 Å². The van der Waals surface area contributed by atoms with Gasteiger partial charge in [-0.05, 0) is 18.4 Å². The molecule has 1 N–H and O–H groups in total. The summed E-state index contributed by atoms with van der Waals surface area (Å²) in [5, 5.41) is 10.8. The number of aliphatic hydroxyl groups is 1. The second kappa shape index (κ2) is 6.28. The van der Waals surface area contributed by atoms with Crippen LogP contribution in [0.5, 0.6) is 0 Å². The van der Waals surface area contributed by atoms with Crippen molar-refractivity contribution in [2.75, 3.05) is 13.7 Å². The molecule has 0 radical (unpaired) electrons. The molecule has 1 saturated carbocycles. The molecule has 0 heterocycles. The largest absolute Gasteiger partial charge is 0.391 e. The molecule has 0 aromatic heterocycles. The highest BCUT2D eigenvalue weighted by Crippen LogP contribution is 2.69. The van der Waals surface area contributed by atoms with Gasteiger partial charge in [-0.15, -0.1) is 0 Å². The second-order valence-electron chi connectivity index (χ2n) is 6.18. The molecular weight excluding hydrogens is 248 g/mol. The zero-order chi connectivity index (χ0) is 14.6. The Labute approximate surface area is 123 Å². The van der Waals surface area contributed by atoms with E-state index in [2.05, 4.69) is 38.1 Å². The number of hydrogen-bond acceptors (Lipinski definition) is 2. The van der Waals surface area contributed by atoms with Crippen molar-refractivity contribution in [2.24, 2.45) is 5.41 Å². The third-order valence-corrected chi connectivity index (χ3v) is 5.13. The molecule has 1 aromatic rings. The molecule has 0 amide bonds. The lowest BCUT2D eigenvalue weighted by atomic mass is 9.81. The SMILES string of the molecule is CCCC[C@@]1(CCC)[C@@H](O)[C@]1(COC)c1ccccc1. The van der Waals surface area contributed by atoms with E-state index in [0.717, 1.165) is 19.3 Å². The number of methoxy groups -OCH3 is 1. The lowest BCUT2D eigenvalue weighted by Crippen LogP contribution is -2.25. The van der Waals surface area contributed by atoms with Gasteiger partial charge in [0.05, 0.1) is 18.1 Å². The van der Waals surface area contributed by atoms with E-state index in [9.17, 15) is 5.11 Å². The summed E-state index contributed by atoms with van der Waals surface area (Å²) in [6, 6.07) is 10.5. The average Bonchev–Trinajstić information content (AvgIpc) is 2.98. The van der Waals surface area contributed by atoms with Gasteiger partial charge in [0.15, 0.2) is 0 Å². The molecule has 0 saturated heterocycles. The minimum Gasteiger partial charge on any atom is -0.391 e. The molecule has 1 aliphatic carbocycles. The fraction of sp³-hybridized carbons (Fsp3) is 0.667. The Bertz CT molecular complexity index is 417. The monoisotopic (exact) mass is 276 g/mol. The van der Waals surface area contributed by atoms with Gasteiger partial charge >= 0.3 is 0 Å². The standard InChI is InChI=1S/C18H28O2/c1-4-6-13-17(12-5-2)16(19)18(17,14-20-3)15-10-8-7-9-11-15/h7-11,16,19H,4-6,12-14H2,1-3H3/t16-,17+,18+/m1/s1. The first-order chi connectivity index (χ1) is 9.69. The van der Waals surface area contributed by atoms with E-state index in [4.69, 9.17) is 4.74 Å². The molecule has 0 unspecified atom stereocenters. The quantitative estimate of drug-likeness (QED) is 0.779. The minimum atomic E-state index is -0.274. The Morgan fingerprint density at radius 1 is 1.10 bits per heavy atom. The second-order valence-corrected chi connectivity index (χ2v) is 6.18. The predicted octanol–water partition coefficient (Wildman–Crippen LogP) is 3.92. The zero-order valence-electron chi connectivity index (χ0n) is 13.1. The van der Waals surface area contributed by atoms with Crippen LogP contribution in [0, 0.1) is 5.41 Å². The van der Waals surface area contributed by atoms with Crippen LogP contribution in [0.2, 0.25) is 0 Å². The summed E-state index contributed by atoms with van der Waals surface area (Å²) >= 11 is 0. The van der Waals surface area contributed by atoms with E-state index < -0.39 is 0 Å². The van der Waals surface area contributed by atoms with Crippen LogP contribution < -0.4 is 0 Å². The van der Waals surface area contributed by atoms with Gasteiger partial charge in [-0.1, -0.05) is 63.4 Å². The van der Waals surface area contributed by atoms with Crippen LogP contribution in [-0.2, 0) is 10.2 Å². The maximum absolute atomic E-state index is 10.8. The minimum absolute atomic E-state index is 0.00905. The summed E-state index contributed by atoms with van der Waals surface area (Å²) in [6.07, 6.45) is 5.36. The molecule has 20 heavy (non-hydrogen) atoms. The maximum atomic E-state index is 10.8. The molecule has 0 bridgehead atoms. The molecule has 1 aliphatic rings. The summed E-state index contributed by atoms with van der Waals surface area (Å²) in [5.41, 5.74) is 1.04. The average molecular weight is 276 g/mol. The van der Waals surface area contributed by atoms with E-state index in [-0.39, 0.29) is 16.9 Å². The first-order valence-electron chi connectivity index (χ1n) is 7.92. The number of aliphatic hydroxyl groups excluding tert-OH is 1. The van der Waals surface area contributed by atoms with Crippen molar-refractivity contribution >= 4 is 0 Å². The van der Waals surface area contributed by atoms with Crippen LogP contribution in [0.25, 0.3) is 0 Å². The van der Waals surface area contributed by atoms with E-state index in [1.165, 1.54) is 18.4 Å². The van der Waals surface area contributed by atoms with E-state index in [1.54, 1.807) is 7.11 Å². The Morgan fingerprint density at radius 3 is 2.35 bits per heavy atom. The molecule has 3 atom stereocenters. The lowest BCUT2D eigenvalue weighted by molar-refractivity contribution is 0.137. The first kappa shape index (κ1) is 15.5. The van der Waals surface area contributed by atoms with E-state index in [1.807, 2.05) is 6.07 Å². The molecular formula is C18H28O2. The zero-order valence-corrected chi connectivity index (χ0v) is 13.1. The summed E-state index contributed by atoms with van der Waals surface area (Å²) in [7, 11) is 1.74. The van der Waals surface area contributed by atoms with Crippen molar-refractivity contribution in [3.8, 4) is 0 Å². The predicted molar refractivity (Wildman–Crippen MR) is 82.9 cm³/mol. The number of hydrogen-bond donors (Lipinski definition) is 1. The fourth-order valence-electron chi connectivity index (χ4n) is 4.14. The molecule has 1 fully saturated rings. The Balaban J connectivity index is 2.37. The van der Waals surface area contributed by atoms with Gasteiger partial charge in [0.1, 0.15) is 0 Å². The van der Waals surface area contributed by atoms with Crippen LogP contribution in [0.4, 0.5) is 0 Å². The molecule has 0 spiro atoms. The van der Waals surface area contributed by atoms with Crippen LogP contribution in [-0.4, -0.2) is 24.9 Å². The highest BCUT2D eigenvalue weighted by atomic mass is 16.5. The molecule has 2 nitrogen and oxygen atoms in total. The third-order valence-electron chi connectivity index (χ3n) is 5.13. The van der Waals surface area contributed by atoms with Gasteiger partial charge in [0.2, 0.25) is 0 Å². The maximum Gasteiger partial charge on any atom is 0.0731 e. The summed E-state index contributed by atoms with van der Waals surface area (Å²) in [6.45, 7) is 5.04. The lowest BCUT2D eigenvalue weighted by Gasteiger charge is -2.25. The molecule has 2 heteroatoms. The van der Waals surface area contributed by atoms with Gasteiger partial charge in [-0.3, -0.25) is 0 Å². The summed E-state index contributed by atoms with van der Waals surface area (Å²) in [5.74, 6) is 0. The Kier molecular flexibility index (Phi) is 4.87. The van der Waals surface area contributed by atoms with Gasteiger partial charge < -0.3 is 9.84 Å². The Morgan fingerprint density at radius 2 is 1.80 bits per heavy atom. The van der Waals surface area contributed by atoms with Gasteiger partial charge in [0.25, 0.3) is 0 Å². The van der Waals surface area contributed by atoms with Crippen LogP contribution in [0.1, 0.15) is 51.5 Å². The van der Waals surface area contributed by atoms with Gasteiger partial charge in [-0.25, -0.2) is 0 Å². The highest BCUT2D eigenvalue weighted by molar-refractivity contribution is 5.43. The molecule has 112 valence electrons. The fourth-order valence-corrected chi connectivity index (χ4v) is 4.14. The van der Waals surface area contributed by atoms with Gasteiger partial charge in [-0.2, -0.15) is 0 Å². The van der Waals surface area contributed by atoms with Crippen molar-refractivity contribution in [3.05, 3.63) is 35.9 Å². The molecule has 1 aromatic carbocycles. The normalized spacial score (nSPS) is 32.3. The van der Waals surface area contributed by atoms with Crippen molar-refractivity contribution in [3.63, 3.8) is 0 Å². The van der Waals surface area contributed by atoms with Crippen molar-refractivity contribution < 1.29 is 9.84 Å². The smallest absolute Gasteiger partial charge is 0.0731 e. The number of unbranched alkanes of at least 4 members (excludes halogenated alkanes) is 1. The van der Waals surface area contributed by atoms with Crippen molar-refractivity contribution in [1.29, 1.82) is 0 Å². The third kappa shape index (κ3) is 2.19. The first-order valence-corrected chi connectivity index (χ1v) is 7.92. The van der Waals surface area contributed by atoms with Crippen LogP contribution in [0.15, 0.2) is 30.3 Å². The summed E-state index contributed by atoms with van der Waals surface area (Å²) < 4.78 is 5.52. The molecule has 0 aliphatic heterocycles. The highest BCUT2D eigenvalue weighted by Gasteiger charge is 2.75. The van der Waals surface area contributed by atoms with Crippen LogP contribution >= 0.6 is 0 Å². The van der Waals surface area contributed by atoms with Crippen LogP contribution in [0.3, 0.4) is 0 Å². The van der Waals surface area contributed by atoms with Crippen molar-refractivity contribution in [1.82, 2.24) is 0 Å². The number of ether oxygens (including phenoxy) is 1.